The van der Waals surface area contributed by atoms with Crippen molar-refractivity contribution >= 4 is 62.3 Å². The predicted molar refractivity (Wildman–Crippen MR) is 169 cm³/mol. The minimum absolute atomic E-state index is 0.0117. The van der Waals surface area contributed by atoms with Crippen LogP contribution in [0.2, 0.25) is 15.1 Å². The Morgan fingerprint density at radius 3 is 2.17 bits per heavy atom. The topological polar surface area (TPSA) is 86.8 Å². The Bertz CT molecular complexity index is 1510. The number of benzene rings is 3. The highest BCUT2D eigenvalue weighted by Gasteiger charge is 2.34. The number of amides is 2. The molecule has 7 nitrogen and oxygen atoms in total. The van der Waals surface area contributed by atoms with E-state index >= 15 is 0 Å². The summed E-state index contributed by atoms with van der Waals surface area (Å²) in [4.78, 5) is 29.1. The van der Waals surface area contributed by atoms with Crippen molar-refractivity contribution in [1.82, 2.24) is 10.2 Å². The molecule has 0 unspecified atom stereocenters. The normalized spacial score (nSPS) is 14.4. The molecule has 3 aromatic carbocycles. The highest BCUT2D eigenvalue weighted by molar-refractivity contribution is 7.92. The van der Waals surface area contributed by atoms with Crippen LogP contribution in [0.5, 0.6) is 0 Å². The predicted octanol–water partition coefficient (Wildman–Crippen LogP) is 7.02. The Morgan fingerprint density at radius 2 is 1.57 bits per heavy atom. The molecule has 0 saturated heterocycles. The summed E-state index contributed by atoms with van der Waals surface area (Å²) >= 11 is 18.4. The maximum atomic E-state index is 14.2. The third-order valence-electron chi connectivity index (χ3n) is 7.43. The third kappa shape index (κ3) is 7.78. The molecule has 1 saturated carbocycles. The van der Waals surface area contributed by atoms with Crippen LogP contribution in [0.25, 0.3) is 0 Å². The smallest absolute Gasteiger partial charge is 0.264 e. The number of carbonyl (C=O) groups is 2. The number of anilines is 1. The van der Waals surface area contributed by atoms with E-state index < -0.39 is 28.5 Å². The molecule has 0 aromatic heterocycles. The molecule has 11 heteroatoms. The van der Waals surface area contributed by atoms with Crippen molar-refractivity contribution < 1.29 is 18.0 Å². The molecule has 42 heavy (non-hydrogen) atoms. The number of aryl methyl sites for hydroxylation is 1. The molecular formula is C31H34Cl3N3O4S. The van der Waals surface area contributed by atoms with Gasteiger partial charge in [0.2, 0.25) is 11.8 Å². The van der Waals surface area contributed by atoms with Crippen LogP contribution < -0.4 is 9.62 Å². The van der Waals surface area contributed by atoms with E-state index in [-0.39, 0.29) is 23.4 Å². The van der Waals surface area contributed by atoms with E-state index in [1.54, 1.807) is 42.5 Å². The lowest BCUT2D eigenvalue weighted by Crippen LogP contribution is -2.53. The van der Waals surface area contributed by atoms with Crippen molar-refractivity contribution in [2.24, 2.45) is 0 Å². The van der Waals surface area contributed by atoms with Gasteiger partial charge in [-0.2, -0.15) is 0 Å². The van der Waals surface area contributed by atoms with Gasteiger partial charge in [0.05, 0.1) is 20.6 Å². The summed E-state index contributed by atoms with van der Waals surface area (Å²) in [7, 11) is -4.18. The van der Waals surface area contributed by atoms with Crippen LogP contribution in [0, 0.1) is 6.92 Å². The average Bonchev–Trinajstić information content (AvgIpc) is 3.47. The number of nitrogens with one attached hydrogen (secondary N) is 1. The first-order chi connectivity index (χ1) is 20.0. The molecule has 1 N–H and O–H groups in total. The Kier molecular flexibility index (Phi) is 10.8. The lowest BCUT2D eigenvalue weighted by Gasteiger charge is -2.34. The first-order valence-corrected chi connectivity index (χ1v) is 16.5. The summed E-state index contributed by atoms with van der Waals surface area (Å²) < 4.78 is 28.9. The molecule has 2 amide bonds. The fourth-order valence-electron chi connectivity index (χ4n) is 5.10. The minimum Gasteiger partial charge on any atom is -0.352 e. The van der Waals surface area contributed by atoms with Crippen molar-refractivity contribution in [1.29, 1.82) is 0 Å². The molecule has 1 fully saturated rings. The van der Waals surface area contributed by atoms with Crippen LogP contribution in [0.4, 0.5) is 5.69 Å². The van der Waals surface area contributed by atoms with Crippen LogP contribution in [0.1, 0.15) is 50.2 Å². The van der Waals surface area contributed by atoms with Gasteiger partial charge in [-0.05, 0) is 80.3 Å². The Morgan fingerprint density at radius 1 is 0.929 bits per heavy atom. The van der Waals surface area contributed by atoms with E-state index in [2.05, 4.69) is 5.32 Å². The molecule has 0 aliphatic heterocycles. The fourth-order valence-corrected chi connectivity index (χ4v) is 6.96. The molecule has 1 atom stereocenters. The third-order valence-corrected chi connectivity index (χ3v) is 10.2. The molecule has 0 radical (unpaired) electrons. The van der Waals surface area contributed by atoms with Gasteiger partial charge < -0.3 is 10.2 Å². The quantitative estimate of drug-likeness (QED) is 0.242. The fraction of sp³-hybridized carbons (Fsp3) is 0.355. The molecule has 3 aromatic rings. The van der Waals surface area contributed by atoms with Crippen LogP contribution >= 0.6 is 34.8 Å². The maximum Gasteiger partial charge on any atom is 0.264 e. The van der Waals surface area contributed by atoms with Gasteiger partial charge in [-0.1, -0.05) is 78.3 Å². The van der Waals surface area contributed by atoms with E-state index in [9.17, 15) is 18.0 Å². The van der Waals surface area contributed by atoms with Gasteiger partial charge >= 0.3 is 0 Å². The van der Waals surface area contributed by atoms with E-state index in [0.29, 0.717) is 32.7 Å². The number of sulfonamides is 1. The molecule has 0 bridgehead atoms. The van der Waals surface area contributed by atoms with Crippen LogP contribution in [0.15, 0.2) is 71.6 Å². The SMILES string of the molecule is CC[C@@H](C(=O)NC1CCCC1)N(Cc1ccc(Cl)c(Cl)c1)C(=O)CN(c1ccc(C)cc1)S(=O)(=O)c1ccc(Cl)cc1. The summed E-state index contributed by atoms with van der Waals surface area (Å²) in [6.07, 6.45) is 4.20. The molecular weight excluding hydrogens is 617 g/mol. The van der Waals surface area contributed by atoms with Gasteiger partial charge in [0.25, 0.3) is 10.0 Å². The van der Waals surface area contributed by atoms with E-state index in [1.807, 2.05) is 13.8 Å². The molecule has 0 heterocycles. The number of rotatable bonds is 11. The highest BCUT2D eigenvalue weighted by atomic mass is 35.5. The van der Waals surface area contributed by atoms with Crippen LogP contribution in [-0.4, -0.2) is 43.8 Å². The van der Waals surface area contributed by atoms with Crippen molar-refractivity contribution in [2.75, 3.05) is 10.8 Å². The second-order valence-electron chi connectivity index (χ2n) is 10.5. The van der Waals surface area contributed by atoms with Crippen molar-refractivity contribution in [2.45, 2.75) is 69.5 Å². The molecule has 1 aliphatic carbocycles. The van der Waals surface area contributed by atoms with Crippen LogP contribution in [-0.2, 0) is 26.2 Å². The lowest BCUT2D eigenvalue weighted by molar-refractivity contribution is -0.140. The van der Waals surface area contributed by atoms with E-state index in [1.165, 1.54) is 29.2 Å². The standard InChI is InChI=1S/C31H34Cl3N3O4S/c1-3-29(31(39)35-24-6-4-5-7-24)36(19-22-10-17-27(33)28(34)18-22)30(38)20-37(25-13-8-21(2)9-14-25)42(40,41)26-15-11-23(32)12-16-26/h8-18,24,29H,3-7,19-20H2,1-2H3,(H,35,39)/t29-/m0/s1. The summed E-state index contributed by atoms with van der Waals surface area (Å²) in [6.45, 7) is 3.23. The van der Waals surface area contributed by atoms with Gasteiger partial charge in [-0.15, -0.1) is 0 Å². The van der Waals surface area contributed by atoms with Crippen molar-refractivity contribution in [3.8, 4) is 0 Å². The molecule has 4 rings (SSSR count). The first kappa shape index (κ1) is 32.1. The van der Waals surface area contributed by atoms with Gasteiger partial charge in [0.15, 0.2) is 0 Å². The summed E-state index contributed by atoms with van der Waals surface area (Å²) in [5.74, 6) is -0.798. The monoisotopic (exact) mass is 649 g/mol. The van der Waals surface area contributed by atoms with Gasteiger partial charge in [0, 0.05) is 17.6 Å². The van der Waals surface area contributed by atoms with Gasteiger partial charge in [-0.25, -0.2) is 8.42 Å². The minimum atomic E-state index is -4.18. The van der Waals surface area contributed by atoms with Crippen molar-refractivity contribution in [3.05, 3.63) is 92.9 Å². The number of hydrogen-bond donors (Lipinski definition) is 1. The van der Waals surface area contributed by atoms with Gasteiger partial charge in [0.1, 0.15) is 12.6 Å². The molecule has 224 valence electrons. The molecule has 0 spiro atoms. The van der Waals surface area contributed by atoms with Crippen LogP contribution in [0.3, 0.4) is 0 Å². The number of carbonyl (C=O) groups excluding carboxylic acids is 2. The second-order valence-corrected chi connectivity index (χ2v) is 13.6. The zero-order valence-corrected chi connectivity index (χ0v) is 26.6. The van der Waals surface area contributed by atoms with E-state index in [4.69, 9.17) is 34.8 Å². The largest absolute Gasteiger partial charge is 0.352 e. The van der Waals surface area contributed by atoms with Gasteiger partial charge in [-0.3, -0.25) is 13.9 Å². The Labute approximate surface area is 262 Å². The number of halogens is 3. The average molecular weight is 651 g/mol. The molecule has 1 aliphatic rings. The Hall–Kier alpha value is -2.78. The van der Waals surface area contributed by atoms with Crippen molar-refractivity contribution in [3.63, 3.8) is 0 Å². The zero-order valence-electron chi connectivity index (χ0n) is 23.5. The maximum absolute atomic E-state index is 14.2. The summed E-state index contributed by atoms with van der Waals surface area (Å²) in [5.41, 5.74) is 1.92. The highest BCUT2D eigenvalue weighted by Crippen LogP contribution is 2.28. The Balaban J connectivity index is 1.72. The summed E-state index contributed by atoms with van der Waals surface area (Å²) in [6, 6.07) is 16.9. The first-order valence-electron chi connectivity index (χ1n) is 13.9. The zero-order chi connectivity index (χ0) is 30.4. The lowest BCUT2D eigenvalue weighted by atomic mass is 10.1. The van der Waals surface area contributed by atoms with E-state index in [0.717, 1.165) is 35.6 Å². The summed E-state index contributed by atoms with van der Waals surface area (Å²) in [5, 5.41) is 4.17. The number of hydrogen-bond acceptors (Lipinski definition) is 4. The second kappa shape index (κ2) is 14.1. The number of nitrogens with zero attached hydrogens (tertiary/aromatic N) is 2.